The number of nitriles is 1. The highest BCUT2D eigenvalue weighted by Crippen LogP contribution is 2.35. The maximum atomic E-state index is 13.3. The summed E-state index contributed by atoms with van der Waals surface area (Å²) in [5.41, 5.74) is 3.07. The van der Waals surface area contributed by atoms with Crippen molar-refractivity contribution in [3.05, 3.63) is 83.9 Å². The van der Waals surface area contributed by atoms with Gasteiger partial charge in [-0.3, -0.25) is 9.59 Å². The summed E-state index contributed by atoms with van der Waals surface area (Å²) in [6, 6.07) is 18.7. The second-order valence-electron chi connectivity index (χ2n) is 9.12. The van der Waals surface area contributed by atoms with E-state index in [1.165, 1.54) is 0 Å². The van der Waals surface area contributed by atoms with Gasteiger partial charge in [0.05, 0.1) is 17.6 Å². The lowest BCUT2D eigenvalue weighted by molar-refractivity contribution is -0.126. The van der Waals surface area contributed by atoms with Crippen molar-refractivity contribution in [2.75, 3.05) is 11.4 Å². The zero-order valence-corrected chi connectivity index (χ0v) is 20.7. The fraction of sp³-hybridized carbons (Fsp3) is 0.214. The molecule has 8 nitrogen and oxygen atoms in total. The predicted octanol–water partition coefficient (Wildman–Crippen LogP) is 4.34. The van der Waals surface area contributed by atoms with E-state index in [9.17, 15) is 14.9 Å². The van der Waals surface area contributed by atoms with Crippen LogP contribution < -0.4 is 15.0 Å². The molecule has 2 aliphatic heterocycles. The Kier molecular flexibility index (Phi) is 6.55. The highest BCUT2D eigenvalue weighted by atomic mass is 35.5. The number of carbonyl (C=O) groups excluding carboxylic acids is 2. The van der Waals surface area contributed by atoms with Crippen molar-refractivity contribution in [3.8, 4) is 17.6 Å². The molecule has 1 saturated heterocycles. The molecule has 2 aliphatic rings. The summed E-state index contributed by atoms with van der Waals surface area (Å²) in [6.45, 7) is 1.04. The minimum absolute atomic E-state index is 0. The number of hydrogen-bond acceptors (Lipinski definition) is 5. The second-order valence-corrected chi connectivity index (χ2v) is 9.12. The monoisotopic (exact) mass is 513 g/mol. The number of anilines is 1. The number of nitrogens with one attached hydrogen (secondary N) is 1. The van der Waals surface area contributed by atoms with Gasteiger partial charge in [-0.1, -0.05) is 24.3 Å². The third-order valence-corrected chi connectivity index (χ3v) is 6.82. The van der Waals surface area contributed by atoms with Crippen molar-refractivity contribution in [1.82, 2.24) is 14.9 Å². The molecule has 186 valence electrons. The highest BCUT2D eigenvalue weighted by Gasteiger charge is 2.34. The van der Waals surface area contributed by atoms with E-state index in [4.69, 9.17) is 4.74 Å². The molecule has 1 fully saturated rings. The Morgan fingerprint density at radius 2 is 1.97 bits per heavy atom. The molecule has 2 amide bonds. The molecule has 0 unspecified atom stereocenters. The van der Waals surface area contributed by atoms with Crippen LogP contribution in [-0.2, 0) is 22.6 Å². The van der Waals surface area contributed by atoms with Gasteiger partial charge in [-0.25, -0.2) is 4.98 Å². The number of aryl methyl sites for hydroxylation is 1. The van der Waals surface area contributed by atoms with Crippen LogP contribution in [0.5, 0.6) is 11.5 Å². The third kappa shape index (κ3) is 4.61. The highest BCUT2D eigenvalue weighted by molar-refractivity contribution is 6.08. The fourth-order valence-corrected chi connectivity index (χ4v) is 4.96. The van der Waals surface area contributed by atoms with Crippen LogP contribution in [-0.4, -0.2) is 34.0 Å². The average molecular weight is 514 g/mol. The molecule has 1 aromatic heterocycles. The van der Waals surface area contributed by atoms with Crippen molar-refractivity contribution in [3.63, 3.8) is 0 Å². The van der Waals surface area contributed by atoms with Crippen molar-refractivity contribution in [1.29, 1.82) is 5.26 Å². The van der Waals surface area contributed by atoms with Gasteiger partial charge >= 0.3 is 0 Å². The summed E-state index contributed by atoms with van der Waals surface area (Å²) in [6.07, 6.45) is 4.79. The first kappa shape index (κ1) is 24.3. The van der Waals surface area contributed by atoms with Crippen LogP contribution in [0, 0.1) is 11.3 Å². The summed E-state index contributed by atoms with van der Waals surface area (Å²) in [4.78, 5) is 32.0. The van der Waals surface area contributed by atoms with Crippen molar-refractivity contribution in [2.45, 2.75) is 31.8 Å². The van der Waals surface area contributed by atoms with Crippen molar-refractivity contribution in [2.24, 2.45) is 0 Å². The lowest BCUT2D eigenvalue weighted by Gasteiger charge is -2.20. The van der Waals surface area contributed by atoms with Gasteiger partial charge < -0.3 is 19.5 Å². The quantitative estimate of drug-likeness (QED) is 0.377. The maximum absolute atomic E-state index is 13.3. The number of imidazole rings is 1. The molecule has 4 aromatic rings. The zero-order valence-electron chi connectivity index (χ0n) is 19.9. The minimum atomic E-state index is -0.547. The lowest BCUT2D eigenvalue weighted by Crippen LogP contribution is -2.41. The Labute approximate surface area is 219 Å². The number of rotatable bonds is 0. The summed E-state index contributed by atoms with van der Waals surface area (Å²) < 4.78 is 8.21. The number of halogens is 1. The van der Waals surface area contributed by atoms with Gasteiger partial charge in [-0.2, -0.15) is 5.26 Å². The minimum Gasteiger partial charge on any atom is -0.456 e. The standard InChI is InChI=1S/C28H23N5O3.ClH/c29-14-20-5-4-18-12-26(20)36-22-8-6-19-2-1-3-25(23(19)13-22)33-11-10-24(28(33)35)31-27(34)9-7-21-15-30-17-32(21)16-18;/h1-6,8,12-13,15,17,24H,7,9-11,16H2,(H,31,34);1H/t24-;/m0./s1. The summed E-state index contributed by atoms with van der Waals surface area (Å²) in [5, 5.41) is 14.4. The van der Waals surface area contributed by atoms with Gasteiger partial charge in [0.2, 0.25) is 11.8 Å². The Morgan fingerprint density at radius 3 is 2.84 bits per heavy atom. The number of carbonyl (C=O) groups is 2. The molecule has 6 rings (SSSR count). The van der Waals surface area contributed by atoms with E-state index < -0.39 is 6.04 Å². The van der Waals surface area contributed by atoms with Crippen LogP contribution in [0.1, 0.15) is 29.7 Å². The molecule has 9 heteroatoms. The van der Waals surface area contributed by atoms with E-state index >= 15 is 0 Å². The largest absolute Gasteiger partial charge is 0.456 e. The second kappa shape index (κ2) is 9.96. The van der Waals surface area contributed by atoms with Crippen LogP contribution >= 0.6 is 12.4 Å². The number of benzene rings is 3. The van der Waals surface area contributed by atoms with Gasteiger partial charge in [0.1, 0.15) is 23.6 Å². The molecule has 3 aromatic carbocycles. The van der Waals surface area contributed by atoms with Crippen LogP contribution in [0.25, 0.3) is 10.8 Å². The van der Waals surface area contributed by atoms with Crippen LogP contribution in [0.15, 0.2) is 67.1 Å². The normalized spacial score (nSPS) is 17.2. The maximum Gasteiger partial charge on any atom is 0.249 e. The van der Waals surface area contributed by atoms with Gasteiger partial charge in [-0.05, 0) is 54.1 Å². The SMILES string of the molecule is Cl.N#Cc1ccc2cc1Oc1ccc3cccc(c3c1)N1CC[C@H](NC(=O)CCc3cncn3C2)C1=O. The van der Waals surface area contributed by atoms with Crippen LogP contribution in [0.3, 0.4) is 0 Å². The van der Waals surface area contributed by atoms with Gasteiger partial charge in [0.15, 0.2) is 0 Å². The number of amides is 2. The van der Waals surface area contributed by atoms with E-state index in [2.05, 4.69) is 16.4 Å². The number of fused-ring (bicyclic) bond motifs is 7. The Balaban J connectivity index is 0.00000280. The van der Waals surface area contributed by atoms with Gasteiger partial charge in [-0.15, -0.1) is 12.4 Å². The van der Waals surface area contributed by atoms with E-state index in [0.29, 0.717) is 43.0 Å². The fourth-order valence-electron chi connectivity index (χ4n) is 4.96. The van der Waals surface area contributed by atoms with E-state index in [0.717, 1.165) is 27.7 Å². The Hall–Kier alpha value is -4.35. The molecular weight excluding hydrogens is 490 g/mol. The topological polar surface area (TPSA) is 100 Å². The number of nitrogens with zero attached hydrogens (tertiary/aromatic N) is 4. The third-order valence-electron chi connectivity index (χ3n) is 6.82. The van der Waals surface area contributed by atoms with E-state index in [-0.39, 0.29) is 30.6 Å². The van der Waals surface area contributed by atoms with Crippen molar-refractivity contribution >= 4 is 40.7 Å². The first-order valence-electron chi connectivity index (χ1n) is 11.9. The first-order chi connectivity index (χ1) is 17.6. The summed E-state index contributed by atoms with van der Waals surface area (Å²) in [7, 11) is 0. The Morgan fingerprint density at radius 1 is 1.08 bits per heavy atom. The molecule has 0 radical (unpaired) electrons. The molecule has 0 spiro atoms. The first-order valence-corrected chi connectivity index (χ1v) is 11.9. The zero-order chi connectivity index (χ0) is 24.6. The van der Waals surface area contributed by atoms with E-state index in [1.807, 2.05) is 53.1 Å². The molecule has 37 heavy (non-hydrogen) atoms. The molecule has 0 saturated carbocycles. The van der Waals surface area contributed by atoms with E-state index in [1.54, 1.807) is 23.5 Å². The lowest BCUT2D eigenvalue weighted by atomic mass is 10.1. The molecule has 0 aliphatic carbocycles. The number of ether oxygens (including phenoxy) is 1. The van der Waals surface area contributed by atoms with Crippen LogP contribution in [0.4, 0.5) is 5.69 Å². The Bertz CT molecular complexity index is 1560. The molecule has 1 atom stereocenters. The van der Waals surface area contributed by atoms with Crippen molar-refractivity contribution < 1.29 is 14.3 Å². The van der Waals surface area contributed by atoms with Gasteiger partial charge in [0.25, 0.3) is 0 Å². The summed E-state index contributed by atoms with van der Waals surface area (Å²) in [5.74, 6) is 0.766. The molecular formula is C28H24ClN5O3. The molecule has 6 bridgehead atoms. The summed E-state index contributed by atoms with van der Waals surface area (Å²) >= 11 is 0. The predicted molar refractivity (Wildman–Crippen MR) is 141 cm³/mol. The smallest absolute Gasteiger partial charge is 0.249 e. The molecule has 1 N–H and O–H groups in total. The number of hydrogen-bond donors (Lipinski definition) is 1. The average Bonchev–Trinajstić information content (AvgIpc) is 3.48. The van der Waals surface area contributed by atoms with Crippen LogP contribution in [0.2, 0.25) is 0 Å². The van der Waals surface area contributed by atoms with Gasteiger partial charge in [0, 0.05) is 36.8 Å². The molecule has 3 heterocycles. The number of aromatic nitrogens is 2.